The minimum absolute atomic E-state index is 0.440. The van der Waals surface area contributed by atoms with Crippen LogP contribution in [0.2, 0.25) is 0 Å². The summed E-state index contributed by atoms with van der Waals surface area (Å²) in [6.07, 6.45) is 3.46. The Hall–Kier alpha value is -0.430. The molecule has 1 N–H and O–H groups in total. The van der Waals surface area contributed by atoms with Crippen LogP contribution < -0.4 is 4.72 Å². The van der Waals surface area contributed by atoms with Crippen LogP contribution in [0.15, 0.2) is 12.1 Å². The molecule has 120 valence electrons. The van der Waals surface area contributed by atoms with Crippen molar-refractivity contribution in [3.63, 3.8) is 0 Å². The third-order valence-electron chi connectivity index (χ3n) is 3.71. The predicted molar refractivity (Wildman–Crippen MR) is 89.1 cm³/mol. The maximum Gasteiger partial charge on any atom is 0.208 e. The van der Waals surface area contributed by atoms with Gasteiger partial charge in [0.25, 0.3) is 0 Å². The van der Waals surface area contributed by atoms with Gasteiger partial charge in [0.15, 0.2) is 0 Å². The first kappa shape index (κ1) is 16.9. The smallest absolute Gasteiger partial charge is 0.208 e. The van der Waals surface area contributed by atoms with Gasteiger partial charge in [0.2, 0.25) is 10.0 Å². The molecule has 6 heteroatoms. The molecule has 1 aliphatic rings. The number of nitrogens with zero attached hydrogens (tertiary/aromatic N) is 1. The second-order valence-electron chi connectivity index (χ2n) is 6.48. The molecule has 1 aliphatic heterocycles. The van der Waals surface area contributed by atoms with Crippen LogP contribution >= 0.6 is 11.3 Å². The molecule has 4 nitrogen and oxygen atoms in total. The number of hydrogen-bond acceptors (Lipinski definition) is 4. The zero-order chi connectivity index (χ0) is 15.5. The van der Waals surface area contributed by atoms with E-state index in [0.29, 0.717) is 18.4 Å². The molecule has 0 spiro atoms. The summed E-state index contributed by atoms with van der Waals surface area (Å²) in [7, 11) is -3.06. The van der Waals surface area contributed by atoms with Crippen molar-refractivity contribution in [2.24, 2.45) is 11.8 Å². The lowest BCUT2D eigenvalue weighted by Gasteiger charge is -2.15. The Kier molecular flexibility index (Phi) is 5.82. The molecule has 2 rings (SSSR count). The molecule has 0 radical (unpaired) electrons. The van der Waals surface area contributed by atoms with E-state index in [9.17, 15) is 8.42 Å². The molecular formula is C15H26N2O2S2. The maximum atomic E-state index is 11.1. The van der Waals surface area contributed by atoms with Gasteiger partial charge >= 0.3 is 0 Å². The molecule has 0 aliphatic carbocycles. The van der Waals surface area contributed by atoms with E-state index in [4.69, 9.17) is 0 Å². The summed E-state index contributed by atoms with van der Waals surface area (Å²) in [5, 5.41) is 0. The Morgan fingerprint density at radius 1 is 1.38 bits per heavy atom. The Morgan fingerprint density at radius 3 is 2.76 bits per heavy atom. The first-order valence-corrected chi connectivity index (χ1v) is 10.3. The number of likely N-dealkylation sites (tertiary alicyclic amines) is 1. The third kappa shape index (κ3) is 6.06. The van der Waals surface area contributed by atoms with Crippen molar-refractivity contribution in [2.75, 3.05) is 25.9 Å². The second kappa shape index (κ2) is 7.22. The molecule has 1 aromatic rings. The van der Waals surface area contributed by atoms with Crippen LogP contribution in [0.25, 0.3) is 0 Å². The van der Waals surface area contributed by atoms with Gasteiger partial charge in [-0.1, -0.05) is 13.8 Å². The summed E-state index contributed by atoms with van der Waals surface area (Å²) < 4.78 is 24.9. The summed E-state index contributed by atoms with van der Waals surface area (Å²) in [4.78, 5) is 5.32. The maximum absolute atomic E-state index is 11.1. The SMILES string of the molecule is CC(C)Cc1ccc(CN2CC[C@@H](CNS(C)(=O)=O)C2)s1. The van der Waals surface area contributed by atoms with Crippen molar-refractivity contribution in [2.45, 2.75) is 33.2 Å². The quantitative estimate of drug-likeness (QED) is 0.835. The van der Waals surface area contributed by atoms with Gasteiger partial charge in [0.1, 0.15) is 0 Å². The molecule has 2 heterocycles. The number of thiophene rings is 1. The highest BCUT2D eigenvalue weighted by atomic mass is 32.2. The molecular weight excluding hydrogens is 304 g/mol. The summed E-state index contributed by atoms with van der Waals surface area (Å²) in [6, 6.07) is 4.49. The van der Waals surface area contributed by atoms with Gasteiger partial charge < -0.3 is 0 Å². The molecule has 1 saturated heterocycles. The highest BCUT2D eigenvalue weighted by Gasteiger charge is 2.23. The van der Waals surface area contributed by atoms with Crippen molar-refractivity contribution in [1.82, 2.24) is 9.62 Å². The predicted octanol–water partition coefficient (Wildman–Crippen LogP) is 2.32. The van der Waals surface area contributed by atoms with Gasteiger partial charge in [-0.05, 0) is 43.4 Å². The zero-order valence-electron chi connectivity index (χ0n) is 13.1. The highest BCUT2D eigenvalue weighted by Crippen LogP contribution is 2.24. The van der Waals surface area contributed by atoms with Crippen LogP contribution in [0, 0.1) is 11.8 Å². The van der Waals surface area contributed by atoms with E-state index in [2.05, 4.69) is 35.6 Å². The molecule has 0 bridgehead atoms. The minimum atomic E-state index is -3.06. The molecule has 0 unspecified atom stereocenters. The Bertz CT molecular complexity index is 552. The van der Waals surface area contributed by atoms with Crippen LogP contribution in [0.1, 0.15) is 30.0 Å². The van der Waals surface area contributed by atoms with E-state index in [1.807, 2.05) is 11.3 Å². The zero-order valence-corrected chi connectivity index (χ0v) is 14.8. The first-order valence-electron chi connectivity index (χ1n) is 7.56. The Morgan fingerprint density at radius 2 is 2.10 bits per heavy atom. The van der Waals surface area contributed by atoms with Crippen molar-refractivity contribution in [1.29, 1.82) is 0 Å². The average Bonchev–Trinajstić information content (AvgIpc) is 2.95. The van der Waals surface area contributed by atoms with Crippen molar-refractivity contribution in [3.8, 4) is 0 Å². The fraction of sp³-hybridized carbons (Fsp3) is 0.733. The highest BCUT2D eigenvalue weighted by molar-refractivity contribution is 7.88. The number of sulfonamides is 1. The number of hydrogen-bond donors (Lipinski definition) is 1. The summed E-state index contributed by atoms with van der Waals surface area (Å²) in [5.41, 5.74) is 0. The van der Waals surface area contributed by atoms with Crippen molar-refractivity contribution in [3.05, 3.63) is 21.9 Å². The second-order valence-corrected chi connectivity index (χ2v) is 9.56. The van der Waals surface area contributed by atoms with E-state index in [0.717, 1.165) is 32.5 Å². The number of nitrogens with one attached hydrogen (secondary N) is 1. The van der Waals surface area contributed by atoms with E-state index in [1.165, 1.54) is 16.0 Å². The first-order chi connectivity index (χ1) is 9.82. The fourth-order valence-electron chi connectivity index (χ4n) is 2.73. The van der Waals surface area contributed by atoms with E-state index >= 15 is 0 Å². The lowest BCUT2D eigenvalue weighted by molar-refractivity contribution is 0.319. The monoisotopic (exact) mass is 330 g/mol. The normalized spacial score (nSPS) is 20.5. The van der Waals surface area contributed by atoms with Gasteiger partial charge in [0.05, 0.1) is 6.26 Å². The average molecular weight is 331 g/mol. The standard InChI is InChI=1S/C15H26N2O2S2/c1-12(2)8-14-4-5-15(20-14)11-17-7-6-13(10-17)9-16-21(3,18)19/h4-5,12-13,16H,6-11H2,1-3H3/t13-/m0/s1. The van der Waals surface area contributed by atoms with Gasteiger partial charge in [-0.2, -0.15) is 0 Å². The lowest BCUT2D eigenvalue weighted by atomic mass is 10.1. The van der Waals surface area contributed by atoms with E-state index in [-0.39, 0.29) is 0 Å². The van der Waals surface area contributed by atoms with Crippen LogP contribution in [0.3, 0.4) is 0 Å². The molecule has 0 amide bonds. The van der Waals surface area contributed by atoms with Crippen LogP contribution in [0.5, 0.6) is 0 Å². The number of rotatable bonds is 7. The molecule has 1 aromatic heterocycles. The molecule has 1 fully saturated rings. The molecule has 0 saturated carbocycles. The van der Waals surface area contributed by atoms with E-state index in [1.54, 1.807) is 0 Å². The van der Waals surface area contributed by atoms with E-state index < -0.39 is 10.0 Å². The van der Waals surface area contributed by atoms with Crippen LogP contribution in [-0.2, 0) is 23.0 Å². The summed E-state index contributed by atoms with van der Waals surface area (Å²) in [6.45, 7) is 8.11. The molecule has 21 heavy (non-hydrogen) atoms. The topological polar surface area (TPSA) is 49.4 Å². The fourth-order valence-corrected chi connectivity index (χ4v) is 4.54. The summed E-state index contributed by atoms with van der Waals surface area (Å²) >= 11 is 1.91. The van der Waals surface area contributed by atoms with Crippen LogP contribution in [-0.4, -0.2) is 39.2 Å². The molecule has 1 atom stereocenters. The Labute approximate surface area is 132 Å². The van der Waals surface area contributed by atoms with Gasteiger partial charge in [0, 0.05) is 29.4 Å². The largest absolute Gasteiger partial charge is 0.298 e. The minimum Gasteiger partial charge on any atom is -0.298 e. The van der Waals surface area contributed by atoms with Crippen molar-refractivity contribution >= 4 is 21.4 Å². The molecule has 0 aromatic carbocycles. The Balaban J connectivity index is 1.78. The third-order valence-corrected chi connectivity index (χ3v) is 5.49. The van der Waals surface area contributed by atoms with Gasteiger partial charge in [-0.25, -0.2) is 13.1 Å². The lowest BCUT2D eigenvalue weighted by Crippen LogP contribution is -2.30. The van der Waals surface area contributed by atoms with Crippen molar-refractivity contribution < 1.29 is 8.42 Å². The summed E-state index contributed by atoms with van der Waals surface area (Å²) in [5.74, 6) is 1.14. The van der Waals surface area contributed by atoms with Crippen LogP contribution in [0.4, 0.5) is 0 Å². The van der Waals surface area contributed by atoms with Gasteiger partial charge in [-0.3, -0.25) is 4.90 Å². The van der Waals surface area contributed by atoms with Gasteiger partial charge in [-0.15, -0.1) is 11.3 Å².